The van der Waals surface area contributed by atoms with Crippen LogP contribution in [0.2, 0.25) is 0 Å². The number of likely N-dealkylation sites (tertiary alicyclic amines) is 1. The molecular weight excluding hydrogens is 396 g/mol. The Kier molecular flexibility index (Phi) is 5.19. The van der Waals surface area contributed by atoms with Crippen LogP contribution in [0.25, 0.3) is 22.0 Å². The highest BCUT2D eigenvalue weighted by atomic mass is 16.5. The van der Waals surface area contributed by atoms with Gasteiger partial charge in [-0.05, 0) is 91.8 Å². The molecule has 2 heterocycles. The summed E-state index contributed by atoms with van der Waals surface area (Å²) >= 11 is 0. The number of fused-ring (bicyclic) bond motifs is 1. The smallest absolute Gasteiger partial charge is 0.263 e. The van der Waals surface area contributed by atoms with E-state index in [1.165, 1.54) is 35.1 Å². The number of aryl methyl sites for hydroxylation is 2. The molecule has 2 fully saturated rings. The quantitative estimate of drug-likeness (QED) is 0.517. The van der Waals surface area contributed by atoms with E-state index in [0.29, 0.717) is 11.2 Å². The van der Waals surface area contributed by atoms with Crippen LogP contribution in [0, 0.1) is 25.2 Å². The second-order valence-corrected chi connectivity index (χ2v) is 9.90. The Morgan fingerprint density at radius 2 is 1.94 bits per heavy atom. The zero-order valence-corrected chi connectivity index (χ0v) is 19.5. The Bertz CT molecular complexity index is 1170. The zero-order valence-electron chi connectivity index (χ0n) is 19.5. The third kappa shape index (κ3) is 3.66. The van der Waals surface area contributed by atoms with Crippen molar-refractivity contribution in [2.45, 2.75) is 53.1 Å². The largest absolute Gasteiger partial charge is 0.481 e. The van der Waals surface area contributed by atoms with E-state index >= 15 is 0 Å². The van der Waals surface area contributed by atoms with E-state index in [0.717, 1.165) is 36.3 Å². The molecule has 3 unspecified atom stereocenters. The van der Waals surface area contributed by atoms with Crippen LogP contribution >= 0.6 is 0 Å². The van der Waals surface area contributed by atoms with Gasteiger partial charge in [-0.3, -0.25) is 9.78 Å². The molecule has 3 atom stereocenters. The lowest BCUT2D eigenvalue weighted by molar-refractivity contribution is -0.140. The van der Waals surface area contributed by atoms with Crippen molar-refractivity contribution in [2.75, 3.05) is 13.1 Å². The normalized spacial score (nSPS) is 23.4. The minimum Gasteiger partial charge on any atom is -0.481 e. The summed E-state index contributed by atoms with van der Waals surface area (Å²) in [5, 5.41) is 1.09. The molecule has 166 valence electrons. The van der Waals surface area contributed by atoms with Gasteiger partial charge in [-0.2, -0.15) is 0 Å². The lowest BCUT2D eigenvalue weighted by Gasteiger charge is -2.35. The zero-order chi connectivity index (χ0) is 22.5. The fraction of sp³-hybridized carbons (Fsp3) is 0.429. The van der Waals surface area contributed by atoms with Gasteiger partial charge < -0.3 is 9.64 Å². The van der Waals surface area contributed by atoms with Crippen LogP contribution in [-0.2, 0) is 4.79 Å². The predicted molar refractivity (Wildman–Crippen MR) is 129 cm³/mol. The molecule has 0 bridgehead atoms. The highest BCUT2D eigenvalue weighted by Gasteiger charge is 2.53. The summed E-state index contributed by atoms with van der Waals surface area (Å²) in [6.45, 7) is 10.2. The van der Waals surface area contributed by atoms with Gasteiger partial charge in [0, 0.05) is 30.7 Å². The van der Waals surface area contributed by atoms with Crippen LogP contribution < -0.4 is 4.74 Å². The first-order chi connectivity index (χ1) is 15.4. The summed E-state index contributed by atoms with van der Waals surface area (Å²) in [6.07, 6.45) is 4.96. The van der Waals surface area contributed by atoms with Gasteiger partial charge in [0.25, 0.3) is 5.91 Å². The molecule has 1 spiro atoms. The van der Waals surface area contributed by atoms with E-state index in [1.54, 1.807) is 0 Å². The molecule has 2 aromatic carbocycles. The first kappa shape index (κ1) is 21.0. The summed E-state index contributed by atoms with van der Waals surface area (Å²) in [4.78, 5) is 19.7. The summed E-state index contributed by atoms with van der Waals surface area (Å²) in [5.74, 6) is 1.53. The minimum absolute atomic E-state index is 0.0977. The van der Waals surface area contributed by atoms with Crippen molar-refractivity contribution < 1.29 is 9.53 Å². The monoisotopic (exact) mass is 428 g/mol. The van der Waals surface area contributed by atoms with Crippen molar-refractivity contribution in [3.05, 3.63) is 59.8 Å². The minimum atomic E-state index is -0.501. The summed E-state index contributed by atoms with van der Waals surface area (Å²) in [7, 11) is 0. The van der Waals surface area contributed by atoms with Crippen LogP contribution in [0.5, 0.6) is 5.75 Å². The fourth-order valence-corrected chi connectivity index (χ4v) is 5.64. The number of nitrogens with zero attached hydrogens (tertiary/aromatic N) is 2. The van der Waals surface area contributed by atoms with E-state index < -0.39 is 6.10 Å². The second kappa shape index (κ2) is 7.91. The molecule has 1 saturated heterocycles. The van der Waals surface area contributed by atoms with E-state index in [1.807, 2.05) is 30.2 Å². The number of amides is 1. The predicted octanol–water partition coefficient (Wildman–Crippen LogP) is 5.93. The van der Waals surface area contributed by atoms with Crippen molar-refractivity contribution in [3.63, 3.8) is 0 Å². The molecule has 1 aliphatic heterocycles. The highest BCUT2D eigenvalue weighted by molar-refractivity contribution is 5.96. The standard InChI is InChI=1S/C28H32N2O2/c1-18-7-5-8-19(2)26(18)24-11-13-29-25-15-22(9-10-23(24)25)32-21(4)27(31)30-14-6-12-28(17-30)16-20(28)3/h5,7-11,13,15,20-21H,6,12,14,16-17H2,1-4H3. The number of carbonyl (C=O) groups excluding carboxylic acids is 1. The van der Waals surface area contributed by atoms with Gasteiger partial charge in [0.15, 0.2) is 6.10 Å². The number of benzene rings is 2. The first-order valence-electron chi connectivity index (χ1n) is 11.8. The number of carbonyl (C=O) groups is 1. The third-order valence-corrected chi connectivity index (χ3v) is 7.64. The Labute approximate surface area is 190 Å². The molecule has 0 radical (unpaired) electrons. The average molecular weight is 429 g/mol. The molecule has 4 nitrogen and oxygen atoms in total. The first-order valence-corrected chi connectivity index (χ1v) is 11.8. The Balaban J connectivity index is 1.37. The topological polar surface area (TPSA) is 42.4 Å². The third-order valence-electron chi connectivity index (χ3n) is 7.64. The van der Waals surface area contributed by atoms with Crippen molar-refractivity contribution in [1.29, 1.82) is 0 Å². The van der Waals surface area contributed by atoms with Gasteiger partial charge in [-0.25, -0.2) is 0 Å². The van der Waals surface area contributed by atoms with Crippen LogP contribution in [0.15, 0.2) is 48.7 Å². The molecule has 32 heavy (non-hydrogen) atoms. The van der Waals surface area contributed by atoms with Crippen molar-refractivity contribution in [3.8, 4) is 16.9 Å². The molecule has 1 saturated carbocycles. The summed E-state index contributed by atoms with van der Waals surface area (Å²) < 4.78 is 6.11. The number of pyridine rings is 1. The van der Waals surface area contributed by atoms with Crippen molar-refractivity contribution in [2.24, 2.45) is 11.3 Å². The van der Waals surface area contributed by atoms with Gasteiger partial charge in [0.2, 0.25) is 0 Å². The summed E-state index contributed by atoms with van der Waals surface area (Å²) in [5.41, 5.74) is 6.20. The van der Waals surface area contributed by atoms with Gasteiger partial charge in [-0.15, -0.1) is 0 Å². The fourth-order valence-electron chi connectivity index (χ4n) is 5.64. The molecule has 1 amide bonds. The van der Waals surface area contributed by atoms with E-state index in [4.69, 9.17) is 4.74 Å². The molecule has 2 aliphatic rings. The Morgan fingerprint density at radius 3 is 2.66 bits per heavy atom. The van der Waals surface area contributed by atoms with Gasteiger partial charge in [0.1, 0.15) is 5.75 Å². The molecule has 4 heteroatoms. The van der Waals surface area contributed by atoms with E-state index in [-0.39, 0.29) is 5.91 Å². The van der Waals surface area contributed by atoms with Gasteiger partial charge in [-0.1, -0.05) is 25.1 Å². The molecule has 0 N–H and O–H groups in total. The molecule has 1 aromatic heterocycles. The lowest BCUT2D eigenvalue weighted by atomic mass is 9.92. The highest BCUT2D eigenvalue weighted by Crippen LogP contribution is 2.57. The van der Waals surface area contributed by atoms with Crippen LogP contribution in [0.1, 0.15) is 44.2 Å². The van der Waals surface area contributed by atoms with Gasteiger partial charge >= 0.3 is 0 Å². The number of hydrogen-bond donors (Lipinski definition) is 0. The van der Waals surface area contributed by atoms with Crippen LogP contribution in [-0.4, -0.2) is 35.0 Å². The van der Waals surface area contributed by atoms with E-state index in [9.17, 15) is 4.79 Å². The lowest BCUT2D eigenvalue weighted by Crippen LogP contribution is -2.46. The Hall–Kier alpha value is -2.88. The average Bonchev–Trinajstić information content (AvgIpc) is 3.39. The maximum atomic E-state index is 13.1. The number of aromatic nitrogens is 1. The van der Waals surface area contributed by atoms with Crippen LogP contribution in [0.3, 0.4) is 0 Å². The maximum absolute atomic E-state index is 13.1. The molecule has 3 aromatic rings. The number of hydrogen-bond acceptors (Lipinski definition) is 3. The maximum Gasteiger partial charge on any atom is 0.263 e. The van der Waals surface area contributed by atoms with Crippen molar-refractivity contribution >= 4 is 16.8 Å². The summed E-state index contributed by atoms with van der Waals surface area (Å²) in [6, 6.07) is 14.4. The number of rotatable bonds is 4. The molecule has 1 aliphatic carbocycles. The molecule has 5 rings (SSSR count). The second-order valence-electron chi connectivity index (χ2n) is 9.90. The number of ether oxygens (including phenoxy) is 1. The van der Waals surface area contributed by atoms with E-state index in [2.05, 4.69) is 56.1 Å². The number of piperidine rings is 1. The van der Waals surface area contributed by atoms with Crippen LogP contribution in [0.4, 0.5) is 0 Å². The van der Waals surface area contributed by atoms with Crippen molar-refractivity contribution in [1.82, 2.24) is 9.88 Å². The Morgan fingerprint density at radius 1 is 1.19 bits per heavy atom. The van der Waals surface area contributed by atoms with Gasteiger partial charge in [0.05, 0.1) is 5.52 Å². The SMILES string of the molecule is Cc1cccc(C)c1-c1ccnc2cc(OC(C)C(=O)N3CCCC4(CC4C)C3)ccc12. The molecular formula is C28H32N2O2.